The standard InChI is InChI=1S/C16H32N4/c1-4-17-16(19-15-10-14(15)3)18-11-13(2)12-20-8-6-5-7-9-20/h13-15H,4-12H2,1-3H3,(H2,17,18,19). The summed E-state index contributed by atoms with van der Waals surface area (Å²) in [7, 11) is 0. The molecule has 2 rings (SSSR count). The summed E-state index contributed by atoms with van der Waals surface area (Å²) < 4.78 is 0. The Bertz CT molecular complexity index is 310. The predicted octanol–water partition coefficient (Wildman–Crippen LogP) is 2.07. The highest BCUT2D eigenvalue weighted by molar-refractivity contribution is 5.80. The van der Waals surface area contributed by atoms with Gasteiger partial charge in [0, 0.05) is 25.7 Å². The van der Waals surface area contributed by atoms with Crippen molar-refractivity contribution in [2.24, 2.45) is 16.8 Å². The first kappa shape index (κ1) is 15.6. The van der Waals surface area contributed by atoms with Crippen LogP contribution in [0.1, 0.15) is 46.5 Å². The lowest BCUT2D eigenvalue weighted by molar-refractivity contribution is 0.203. The molecule has 2 N–H and O–H groups in total. The van der Waals surface area contributed by atoms with Gasteiger partial charge in [-0.05, 0) is 51.1 Å². The van der Waals surface area contributed by atoms with Crippen molar-refractivity contribution in [1.82, 2.24) is 15.5 Å². The van der Waals surface area contributed by atoms with Crippen LogP contribution in [0.4, 0.5) is 0 Å². The first-order valence-corrected chi connectivity index (χ1v) is 8.46. The zero-order chi connectivity index (χ0) is 14.4. The molecule has 0 aromatic carbocycles. The van der Waals surface area contributed by atoms with Gasteiger partial charge in [-0.3, -0.25) is 4.99 Å². The van der Waals surface area contributed by atoms with Crippen LogP contribution in [0.15, 0.2) is 4.99 Å². The second-order valence-electron chi connectivity index (χ2n) is 6.65. The van der Waals surface area contributed by atoms with Crippen molar-refractivity contribution in [1.29, 1.82) is 0 Å². The molecule has 0 spiro atoms. The van der Waals surface area contributed by atoms with Gasteiger partial charge in [-0.1, -0.05) is 20.3 Å². The molecule has 20 heavy (non-hydrogen) atoms. The zero-order valence-electron chi connectivity index (χ0n) is 13.5. The van der Waals surface area contributed by atoms with Gasteiger partial charge in [-0.15, -0.1) is 0 Å². The van der Waals surface area contributed by atoms with Gasteiger partial charge in [-0.25, -0.2) is 0 Å². The van der Waals surface area contributed by atoms with Gasteiger partial charge in [0.1, 0.15) is 0 Å². The second kappa shape index (κ2) is 7.87. The third kappa shape index (κ3) is 5.31. The number of nitrogens with one attached hydrogen (secondary N) is 2. The van der Waals surface area contributed by atoms with Crippen LogP contribution < -0.4 is 10.6 Å². The average molecular weight is 280 g/mol. The van der Waals surface area contributed by atoms with Crippen LogP contribution in [0, 0.1) is 11.8 Å². The lowest BCUT2D eigenvalue weighted by Gasteiger charge is -2.28. The number of likely N-dealkylation sites (tertiary alicyclic amines) is 1. The first-order valence-electron chi connectivity index (χ1n) is 8.46. The highest BCUT2D eigenvalue weighted by Gasteiger charge is 2.33. The number of rotatable bonds is 6. The molecule has 3 unspecified atom stereocenters. The van der Waals surface area contributed by atoms with Crippen molar-refractivity contribution < 1.29 is 0 Å². The summed E-state index contributed by atoms with van der Waals surface area (Å²) in [5.74, 6) is 2.46. The monoisotopic (exact) mass is 280 g/mol. The van der Waals surface area contributed by atoms with Gasteiger partial charge in [0.25, 0.3) is 0 Å². The normalized spacial score (nSPS) is 29.1. The zero-order valence-corrected chi connectivity index (χ0v) is 13.5. The van der Waals surface area contributed by atoms with E-state index in [1.165, 1.54) is 45.3 Å². The highest BCUT2D eigenvalue weighted by Crippen LogP contribution is 2.28. The molecule has 0 aromatic rings. The summed E-state index contributed by atoms with van der Waals surface area (Å²) in [6.45, 7) is 12.4. The molecule has 4 heteroatoms. The maximum atomic E-state index is 4.76. The molecular weight excluding hydrogens is 248 g/mol. The van der Waals surface area contributed by atoms with E-state index in [-0.39, 0.29) is 0 Å². The van der Waals surface area contributed by atoms with E-state index < -0.39 is 0 Å². The van der Waals surface area contributed by atoms with E-state index in [2.05, 4.69) is 36.3 Å². The Morgan fingerprint density at radius 1 is 1.30 bits per heavy atom. The van der Waals surface area contributed by atoms with Crippen LogP contribution in [0.3, 0.4) is 0 Å². The van der Waals surface area contributed by atoms with Crippen LogP contribution in [-0.2, 0) is 0 Å². The van der Waals surface area contributed by atoms with E-state index in [0.29, 0.717) is 12.0 Å². The van der Waals surface area contributed by atoms with Crippen molar-refractivity contribution in [3.05, 3.63) is 0 Å². The summed E-state index contributed by atoms with van der Waals surface area (Å²) in [4.78, 5) is 7.37. The van der Waals surface area contributed by atoms with E-state index in [9.17, 15) is 0 Å². The van der Waals surface area contributed by atoms with Gasteiger partial charge < -0.3 is 15.5 Å². The molecule has 1 saturated heterocycles. The molecule has 1 aliphatic heterocycles. The van der Waals surface area contributed by atoms with Gasteiger partial charge in [0.2, 0.25) is 0 Å². The van der Waals surface area contributed by atoms with E-state index in [4.69, 9.17) is 4.99 Å². The molecule has 0 bridgehead atoms. The minimum absolute atomic E-state index is 0.639. The molecule has 1 aliphatic carbocycles. The fraction of sp³-hybridized carbons (Fsp3) is 0.938. The maximum Gasteiger partial charge on any atom is 0.191 e. The summed E-state index contributed by atoms with van der Waals surface area (Å²) >= 11 is 0. The molecule has 3 atom stereocenters. The van der Waals surface area contributed by atoms with Gasteiger partial charge in [0.05, 0.1) is 0 Å². The van der Waals surface area contributed by atoms with Crippen molar-refractivity contribution in [3.8, 4) is 0 Å². The Hall–Kier alpha value is -0.770. The molecule has 0 aromatic heterocycles. The summed E-state index contributed by atoms with van der Waals surface area (Å²) in [6, 6.07) is 0.644. The van der Waals surface area contributed by atoms with Crippen molar-refractivity contribution in [3.63, 3.8) is 0 Å². The first-order chi connectivity index (χ1) is 9.69. The molecule has 4 nitrogen and oxygen atoms in total. The molecule has 0 radical (unpaired) electrons. The van der Waals surface area contributed by atoms with Gasteiger partial charge in [-0.2, -0.15) is 0 Å². The third-order valence-electron chi connectivity index (χ3n) is 4.36. The smallest absolute Gasteiger partial charge is 0.191 e. The van der Waals surface area contributed by atoms with Crippen molar-refractivity contribution in [2.45, 2.75) is 52.5 Å². The topological polar surface area (TPSA) is 39.7 Å². The Labute approximate surface area is 124 Å². The number of hydrogen-bond donors (Lipinski definition) is 2. The number of guanidine groups is 1. The summed E-state index contributed by atoms with van der Waals surface area (Å²) in [6.07, 6.45) is 5.45. The summed E-state index contributed by atoms with van der Waals surface area (Å²) in [5.41, 5.74) is 0. The van der Waals surface area contributed by atoms with Crippen molar-refractivity contribution in [2.75, 3.05) is 32.7 Å². The molecule has 2 fully saturated rings. The highest BCUT2D eigenvalue weighted by atomic mass is 15.2. The summed E-state index contributed by atoms with van der Waals surface area (Å²) in [5, 5.41) is 6.88. The maximum absolute atomic E-state index is 4.76. The Morgan fingerprint density at radius 3 is 2.60 bits per heavy atom. The fourth-order valence-corrected chi connectivity index (χ4v) is 2.91. The number of aliphatic imine (C=N–C) groups is 1. The SMILES string of the molecule is CCNC(=NCC(C)CN1CCCCC1)NC1CC1C. The second-order valence-corrected chi connectivity index (χ2v) is 6.65. The Morgan fingerprint density at radius 2 is 2.00 bits per heavy atom. The lowest BCUT2D eigenvalue weighted by Crippen LogP contribution is -2.40. The molecule has 1 heterocycles. The quantitative estimate of drug-likeness (QED) is 0.578. The van der Waals surface area contributed by atoms with Gasteiger partial charge >= 0.3 is 0 Å². The van der Waals surface area contributed by atoms with Crippen LogP contribution in [0.2, 0.25) is 0 Å². The number of piperidine rings is 1. The third-order valence-corrected chi connectivity index (χ3v) is 4.36. The molecule has 0 amide bonds. The Kier molecular flexibility index (Phi) is 6.14. The van der Waals surface area contributed by atoms with E-state index in [0.717, 1.165) is 25.0 Å². The Balaban J connectivity index is 1.72. The van der Waals surface area contributed by atoms with Crippen LogP contribution in [0.5, 0.6) is 0 Å². The average Bonchev–Trinajstić information content (AvgIpc) is 3.13. The van der Waals surface area contributed by atoms with Crippen LogP contribution in [-0.4, -0.2) is 49.6 Å². The molecule has 116 valence electrons. The van der Waals surface area contributed by atoms with Gasteiger partial charge in [0.15, 0.2) is 5.96 Å². The molecule has 2 aliphatic rings. The minimum atomic E-state index is 0.639. The fourth-order valence-electron chi connectivity index (χ4n) is 2.91. The molecule has 1 saturated carbocycles. The van der Waals surface area contributed by atoms with E-state index in [1.54, 1.807) is 0 Å². The van der Waals surface area contributed by atoms with Crippen LogP contribution >= 0.6 is 0 Å². The van der Waals surface area contributed by atoms with E-state index in [1.807, 2.05) is 0 Å². The molecular formula is C16H32N4. The largest absolute Gasteiger partial charge is 0.357 e. The van der Waals surface area contributed by atoms with Crippen molar-refractivity contribution >= 4 is 5.96 Å². The predicted molar refractivity (Wildman–Crippen MR) is 86.1 cm³/mol. The minimum Gasteiger partial charge on any atom is -0.357 e. The van der Waals surface area contributed by atoms with Crippen LogP contribution in [0.25, 0.3) is 0 Å². The lowest BCUT2D eigenvalue weighted by atomic mass is 10.1. The van der Waals surface area contributed by atoms with E-state index >= 15 is 0 Å². The number of hydrogen-bond acceptors (Lipinski definition) is 2. The number of nitrogens with zero attached hydrogens (tertiary/aromatic N) is 2.